The molecular formula is C14H19FN2O. The van der Waals surface area contributed by atoms with E-state index in [1.54, 1.807) is 23.1 Å². The molecule has 4 heteroatoms. The zero-order chi connectivity index (χ0) is 13.3. The van der Waals surface area contributed by atoms with E-state index in [1.165, 1.54) is 6.07 Å². The van der Waals surface area contributed by atoms with Crippen molar-refractivity contribution in [3.63, 3.8) is 0 Å². The van der Waals surface area contributed by atoms with Crippen LogP contribution in [0.4, 0.5) is 4.39 Å². The smallest absolute Gasteiger partial charge is 0.241 e. The summed E-state index contributed by atoms with van der Waals surface area (Å²) in [4.78, 5) is 13.9. The van der Waals surface area contributed by atoms with Gasteiger partial charge in [0.25, 0.3) is 0 Å². The number of hydrogen-bond acceptors (Lipinski definition) is 2. The first-order valence-electron chi connectivity index (χ1n) is 6.37. The zero-order valence-corrected chi connectivity index (χ0v) is 11.0. The van der Waals surface area contributed by atoms with Crippen molar-refractivity contribution in [1.82, 2.24) is 10.2 Å². The SMILES string of the molecule is CCN1C(=O)C(C(C)C)NC1c1ccccc1F. The quantitative estimate of drug-likeness (QED) is 0.892. The van der Waals surface area contributed by atoms with Gasteiger partial charge in [0, 0.05) is 12.1 Å². The largest absolute Gasteiger partial charge is 0.322 e. The van der Waals surface area contributed by atoms with Gasteiger partial charge in [-0.05, 0) is 18.9 Å². The van der Waals surface area contributed by atoms with E-state index in [0.717, 1.165) is 0 Å². The number of carbonyl (C=O) groups excluding carboxylic acids is 1. The molecule has 1 N–H and O–H groups in total. The summed E-state index contributed by atoms with van der Waals surface area (Å²) >= 11 is 0. The van der Waals surface area contributed by atoms with Crippen molar-refractivity contribution in [3.8, 4) is 0 Å². The molecule has 3 nitrogen and oxygen atoms in total. The third kappa shape index (κ3) is 2.12. The van der Waals surface area contributed by atoms with Crippen LogP contribution in [0.3, 0.4) is 0 Å². The Kier molecular flexibility index (Phi) is 3.66. The normalized spacial score (nSPS) is 24.1. The highest BCUT2D eigenvalue weighted by Crippen LogP contribution is 2.29. The molecule has 2 rings (SSSR count). The molecule has 2 unspecified atom stereocenters. The molecule has 1 heterocycles. The van der Waals surface area contributed by atoms with Gasteiger partial charge in [-0.15, -0.1) is 0 Å². The summed E-state index contributed by atoms with van der Waals surface area (Å²) < 4.78 is 13.8. The first-order chi connectivity index (χ1) is 8.56. The molecular weight excluding hydrogens is 231 g/mol. The Hall–Kier alpha value is -1.42. The van der Waals surface area contributed by atoms with Gasteiger partial charge < -0.3 is 4.90 Å². The molecule has 1 saturated heterocycles. The Labute approximate surface area is 107 Å². The van der Waals surface area contributed by atoms with E-state index in [-0.39, 0.29) is 29.8 Å². The maximum Gasteiger partial charge on any atom is 0.241 e. The highest BCUT2D eigenvalue weighted by molar-refractivity contribution is 5.84. The summed E-state index contributed by atoms with van der Waals surface area (Å²) in [5, 5.41) is 3.23. The molecule has 98 valence electrons. The molecule has 1 amide bonds. The van der Waals surface area contributed by atoms with Crippen molar-refractivity contribution in [3.05, 3.63) is 35.6 Å². The highest BCUT2D eigenvalue weighted by atomic mass is 19.1. The van der Waals surface area contributed by atoms with Crippen LogP contribution in [-0.4, -0.2) is 23.4 Å². The van der Waals surface area contributed by atoms with Gasteiger partial charge in [0.05, 0.1) is 6.04 Å². The molecule has 0 spiro atoms. The summed E-state index contributed by atoms with van der Waals surface area (Å²) in [7, 11) is 0. The van der Waals surface area contributed by atoms with E-state index in [2.05, 4.69) is 5.32 Å². The molecule has 0 bridgehead atoms. The van der Waals surface area contributed by atoms with Gasteiger partial charge in [-0.25, -0.2) is 4.39 Å². The van der Waals surface area contributed by atoms with E-state index in [4.69, 9.17) is 0 Å². The third-order valence-electron chi connectivity index (χ3n) is 3.41. The lowest BCUT2D eigenvalue weighted by atomic mass is 10.1. The van der Waals surface area contributed by atoms with Crippen LogP contribution in [0.25, 0.3) is 0 Å². The maximum atomic E-state index is 13.8. The average Bonchev–Trinajstić information content (AvgIpc) is 2.67. The molecule has 1 fully saturated rings. The molecule has 1 aromatic rings. The number of likely N-dealkylation sites (N-methyl/N-ethyl adjacent to an activating group) is 1. The molecule has 1 aliphatic rings. The summed E-state index contributed by atoms with van der Waals surface area (Å²) in [5.41, 5.74) is 0.538. The summed E-state index contributed by atoms with van der Waals surface area (Å²) in [6.07, 6.45) is -0.351. The van der Waals surface area contributed by atoms with Crippen LogP contribution in [0, 0.1) is 11.7 Å². The average molecular weight is 250 g/mol. The van der Waals surface area contributed by atoms with Gasteiger partial charge in [-0.2, -0.15) is 0 Å². The maximum absolute atomic E-state index is 13.8. The van der Waals surface area contributed by atoms with Gasteiger partial charge in [0.15, 0.2) is 0 Å². The lowest BCUT2D eigenvalue weighted by Gasteiger charge is -2.23. The van der Waals surface area contributed by atoms with Crippen molar-refractivity contribution in [2.24, 2.45) is 5.92 Å². The highest BCUT2D eigenvalue weighted by Gasteiger charge is 2.40. The predicted molar refractivity (Wildman–Crippen MR) is 68.3 cm³/mol. The number of hydrogen-bond donors (Lipinski definition) is 1. The van der Waals surface area contributed by atoms with Crippen molar-refractivity contribution >= 4 is 5.91 Å². The van der Waals surface area contributed by atoms with Crippen LogP contribution in [-0.2, 0) is 4.79 Å². The molecule has 1 aromatic carbocycles. The lowest BCUT2D eigenvalue weighted by molar-refractivity contribution is -0.130. The van der Waals surface area contributed by atoms with E-state index in [0.29, 0.717) is 12.1 Å². The molecule has 18 heavy (non-hydrogen) atoms. The molecule has 0 aromatic heterocycles. The predicted octanol–water partition coefficient (Wildman–Crippen LogP) is 2.30. The molecule has 0 saturated carbocycles. The Morgan fingerprint density at radius 3 is 2.61 bits per heavy atom. The number of nitrogens with one attached hydrogen (secondary N) is 1. The fourth-order valence-corrected chi connectivity index (χ4v) is 2.41. The van der Waals surface area contributed by atoms with E-state index in [9.17, 15) is 9.18 Å². The second-order valence-corrected chi connectivity index (χ2v) is 4.94. The first kappa shape index (κ1) is 13.0. The van der Waals surface area contributed by atoms with Crippen molar-refractivity contribution in [2.75, 3.05) is 6.54 Å². The second kappa shape index (κ2) is 5.06. The summed E-state index contributed by atoms with van der Waals surface area (Å²) in [6, 6.07) is 6.38. The van der Waals surface area contributed by atoms with Gasteiger partial charge in [-0.3, -0.25) is 10.1 Å². The van der Waals surface area contributed by atoms with Crippen LogP contribution < -0.4 is 5.32 Å². The Balaban J connectivity index is 2.34. The van der Waals surface area contributed by atoms with Gasteiger partial charge in [0.2, 0.25) is 5.91 Å². The molecule has 1 aliphatic heterocycles. The van der Waals surface area contributed by atoms with Gasteiger partial charge in [-0.1, -0.05) is 32.0 Å². The van der Waals surface area contributed by atoms with Crippen LogP contribution in [0.2, 0.25) is 0 Å². The minimum absolute atomic E-state index is 0.0563. The van der Waals surface area contributed by atoms with Gasteiger partial charge in [0.1, 0.15) is 12.0 Å². The monoisotopic (exact) mass is 250 g/mol. The number of nitrogens with zero attached hydrogens (tertiary/aromatic N) is 1. The summed E-state index contributed by atoms with van der Waals surface area (Å²) in [6.45, 7) is 6.48. The number of halogens is 1. The molecule has 2 atom stereocenters. The standard InChI is InChI=1S/C14H19FN2O/c1-4-17-13(10-7-5-6-8-11(10)15)16-12(9(2)3)14(17)18/h5-9,12-13,16H,4H2,1-3H3. The Morgan fingerprint density at radius 2 is 2.06 bits per heavy atom. The topological polar surface area (TPSA) is 32.3 Å². The fourth-order valence-electron chi connectivity index (χ4n) is 2.41. The number of amides is 1. The number of carbonyl (C=O) groups is 1. The summed E-state index contributed by atoms with van der Waals surface area (Å²) in [5.74, 6) is -0.0188. The van der Waals surface area contributed by atoms with Crippen LogP contribution >= 0.6 is 0 Å². The minimum atomic E-state index is -0.351. The van der Waals surface area contributed by atoms with Gasteiger partial charge >= 0.3 is 0 Å². The van der Waals surface area contributed by atoms with Crippen LogP contribution in [0.1, 0.15) is 32.5 Å². The zero-order valence-electron chi connectivity index (χ0n) is 11.0. The van der Waals surface area contributed by atoms with Crippen molar-refractivity contribution in [2.45, 2.75) is 33.0 Å². The first-order valence-corrected chi connectivity index (χ1v) is 6.37. The molecule has 0 radical (unpaired) electrons. The number of rotatable bonds is 3. The Morgan fingerprint density at radius 1 is 1.39 bits per heavy atom. The van der Waals surface area contributed by atoms with Crippen LogP contribution in [0.15, 0.2) is 24.3 Å². The van der Waals surface area contributed by atoms with Crippen molar-refractivity contribution < 1.29 is 9.18 Å². The third-order valence-corrected chi connectivity index (χ3v) is 3.41. The van der Waals surface area contributed by atoms with E-state index >= 15 is 0 Å². The lowest BCUT2D eigenvalue weighted by Crippen LogP contribution is -2.34. The molecule has 0 aliphatic carbocycles. The minimum Gasteiger partial charge on any atom is -0.322 e. The number of benzene rings is 1. The second-order valence-electron chi connectivity index (χ2n) is 4.94. The van der Waals surface area contributed by atoms with E-state index < -0.39 is 0 Å². The van der Waals surface area contributed by atoms with Crippen molar-refractivity contribution in [1.29, 1.82) is 0 Å². The van der Waals surface area contributed by atoms with E-state index in [1.807, 2.05) is 20.8 Å². The fraction of sp³-hybridized carbons (Fsp3) is 0.500. The Bertz CT molecular complexity index is 447. The van der Waals surface area contributed by atoms with Crippen LogP contribution in [0.5, 0.6) is 0 Å².